The lowest BCUT2D eigenvalue weighted by atomic mass is 10.2. The van der Waals surface area contributed by atoms with Crippen LogP contribution in [0.25, 0.3) is 0 Å². The lowest BCUT2D eigenvalue weighted by Crippen LogP contribution is -2.15. The van der Waals surface area contributed by atoms with Gasteiger partial charge in [-0.2, -0.15) is 0 Å². The zero-order chi connectivity index (χ0) is 10.1. The Balaban J connectivity index is 2.18. The third-order valence-electron chi connectivity index (χ3n) is 2.42. The molecule has 0 heterocycles. The number of anilines is 1. The lowest BCUT2D eigenvalue weighted by molar-refractivity contribution is -0.117. The molecule has 1 amide bonds. The smallest absolute Gasteiger partial charge is 0.227 e. The van der Waals surface area contributed by atoms with Crippen LogP contribution in [-0.2, 0) is 4.79 Å². The minimum atomic E-state index is -0.362. The molecule has 2 nitrogen and oxygen atoms in total. The van der Waals surface area contributed by atoms with Crippen molar-refractivity contribution in [1.82, 2.24) is 0 Å². The van der Waals surface area contributed by atoms with Crippen LogP contribution in [-0.4, -0.2) is 5.91 Å². The van der Waals surface area contributed by atoms with E-state index in [1.54, 1.807) is 19.1 Å². The molecule has 1 fully saturated rings. The number of nitrogens with one attached hydrogen (secondary N) is 1. The molecule has 1 aliphatic carbocycles. The molecule has 0 saturated heterocycles. The predicted octanol–water partition coefficient (Wildman–Crippen LogP) is 2.48. The number of halogens is 1. The molecule has 0 bridgehead atoms. The summed E-state index contributed by atoms with van der Waals surface area (Å²) in [6.45, 7) is 1.78. The highest BCUT2D eigenvalue weighted by molar-refractivity contribution is 5.94. The highest BCUT2D eigenvalue weighted by atomic mass is 19.1. The average Bonchev–Trinajstić information content (AvgIpc) is 2.94. The summed E-state index contributed by atoms with van der Waals surface area (Å²) in [7, 11) is 0. The second-order valence-electron chi connectivity index (χ2n) is 3.70. The maximum Gasteiger partial charge on any atom is 0.227 e. The number of carbonyl (C=O) groups is 1. The minimum Gasteiger partial charge on any atom is -0.323 e. The number of benzene rings is 1. The van der Waals surface area contributed by atoms with E-state index >= 15 is 0 Å². The molecule has 0 radical (unpaired) electrons. The minimum absolute atomic E-state index is 0.0572. The van der Waals surface area contributed by atoms with Crippen LogP contribution in [0, 0.1) is 18.7 Å². The Hall–Kier alpha value is -1.38. The molecule has 1 saturated carbocycles. The van der Waals surface area contributed by atoms with Crippen LogP contribution in [0.2, 0.25) is 0 Å². The van der Waals surface area contributed by atoms with E-state index in [1.165, 1.54) is 6.07 Å². The number of hydrogen-bond donors (Lipinski definition) is 1. The van der Waals surface area contributed by atoms with E-state index in [4.69, 9.17) is 0 Å². The quantitative estimate of drug-likeness (QED) is 0.768. The van der Waals surface area contributed by atoms with Crippen LogP contribution in [0.5, 0.6) is 0 Å². The van der Waals surface area contributed by atoms with Crippen LogP contribution in [0.3, 0.4) is 0 Å². The van der Waals surface area contributed by atoms with Crippen molar-refractivity contribution in [1.29, 1.82) is 0 Å². The highest BCUT2D eigenvalue weighted by Crippen LogP contribution is 2.31. The molecular weight excluding hydrogens is 181 g/mol. The lowest BCUT2D eigenvalue weighted by Gasteiger charge is -2.08. The van der Waals surface area contributed by atoms with Crippen LogP contribution in [0.15, 0.2) is 18.2 Å². The maximum absolute atomic E-state index is 13.3. The standard InChI is InChI=1S/C11H12FNO/c1-7-3-2-4-9(12)10(7)13-11(14)8-5-6-8/h2-4,8H,5-6H2,1H3,(H,13,14). The summed E-state index contributed by atoms with van der Waals surface area (Å²) in [6.07, 6.45) is 1.86. The monoisotopic (exact) mass is 193 g/mol. The summed E-state index contributed by atoms with van der Waals surface area (Å²) in [4.78, 5) is 11.4. The van der Waals surface area contributed by atoms with E-state index in [0.717, 1.165) is 18.4 Å². The molecule has 3 heteroatoms. The van der Waals surface area contributed by atoms with Gasteiger partial charge in [0.25, 0.3) is 0 Å². The highest BCUT2D eigenvalue weighted by Gasteiger charge is 2.30. The maximum atomic E-state index is 13.3. The molecule has 14 heavy (non-hydrogen) atoms. The van der Waals surface area contributed by atoms with Gasteiger partial charge in [-0.15, -0.1) is 0 Å². The summed E-state index contributed by atoms with van der Waals surface area (Å²) >= 11 is 0. The van der Waals surface area contributed by atoms with Gasteiger partial charge >= 0.3 is 0 Å². The fourth-order valence-corrected chi connectivity index (χ4v) is 1.36. The summed E-state index contributed by atoms with van der Waals surface area (Å²) in [6, 6.07) is 4.78. The Bertz CT molecular complexity index is 351. The molecule has 1 aromatic rings. The van der Waals surface area contributed by atoms with Crippen molar-refractivity contribution in [3.8, 4) is 0 Å². The fourth-order valence-electron chi connectivity index (χ4n) is 1.36. The largest absolute Gasteiger partial charge is 0.323 e. The van der Waals surface area contributed by atoms with E-state index in [1.807, 2.05) is 0 Å². The first-order valence-corrected chi connectivity index (χ1v) is 4.74. The van der Waals surface area contributed by atoms with Gasteiger partial charge in [-0.3, -0.25) is 4.79 Å². The molecule has 0 spiro atoms. The topological polar surface area (TPSA) is 29.1 Å². The second-order valence-corrected chi connectivity index (χ2v) is 3.70. The normalized spacial score (nSPS) is 15.3. The Morgan fingerprint density at radius 1 is 1.50 bits per heavy atom. The Morgan fingerprint density at radius 3 is 2.79 bits per heavy atom. The molecule has 0 unspecified atom stereocenters. The zero-order valence-electron chi connectivity index (χ0n) is 8.01. The summed E-state index contributed by atoms with van der Waals surface area (Å²) in [5.74, 6) is -0.314. The van der Waals surface area contributed by atoms with Gasteiger partial charge in [0.2, 0.25) is 5.91 Å². The Kier molecular flexibility index (Phi) is 2.23. The van der Waals surface area contributed by atoms with Crippen molar-refractivity contribution in [2.24, 2.45) is 5.92 Å². The number of rotatable bonds is 2. The molecular formula is C11H12FNO. The summed E-state index contributed by atoms with van der Waals surface area (Å²) in [5.41, 5.74) is 1.09. The van der Waals surface area contributed by atoms with E-state index in [-0.39, 0.29) is 17.6 Å². The first-order chi connectivity index (χ1) is 6.68. The van der Waals surface area contributed by atoms with Gasteiger partial charge in [-0.25, -0.2) is 4.39 Å². The van der Waals surface area contributed by atoms with Crippen molar-refractivity contribution in [2.45, 2.75) is 19.8 Å². The van der Waals surface area contributed by atoms with Crippen molar-refractivity contribution < 1.29 is 9.18 Å². The van der Waals surface area contributed by atoms with E-state index in [2.05, 4.69) is 5.32 Å². The fraction of sp³-hybridized carbons (Fsp3) is 0.364. The van der Waals surface area contributed by atoms with Crippen LogP contribution >= 0.6 is 0 Å². The molecule has 1 aliphatic rings. The van der Waals surface area contributed by atoms with E-state index in [0.29, 0.717) is 5.69 Å². The first kappa shape index (κ1) is 9.19. The molecule has 2 rings (SSSR count). The molecule has 0 aliphatic heterocycles. The molecule has 1 N–H and O–H groups in total. The molecule has 0 atom stereocenters. The number of amides is 1. The van der Waals surface area contributed by atoms with Crippen LogP contribution < -0.4 is 5.32 Å². The van der Waals surface area contributed by atoms with Gasteiger partial charge in [0, 0.05) is 5.92 Å². The first-order valence-electron chi connectivity index (χ1n) is 4.74. The van der Waals surface area contributed by atoms with Crippen LogP contribution in [0.1, 0.15) is 18.4 Å². The zero-order valence-corrected chi connectivity index (χ0v) is 8.01. The van der Waals surface area contributed by atoms with E-state index < -0.39 is 0 Å². The second kappa shape index (κ2) is 3.40. The van der Waals surface area contributed by atoms with Gasteiger partial charge in [-0.1, -0.05) is 12.1 Å². The Labute approximate surface area is 82.1 Å². The number of carbonyl (C=O) groups excluding carboxylic acids is 1. The van der Waals surface area contributed by atoms with Crippen molar-refractivity contribution in [3.63, 3.8) is 0 Å². The third-order valence-corrected chi connectivity index (χ3v) is 2.42. The third kappa shape index (κ3) is 1.76. The predicted molar refractivity (Wildman–Crippen MR) is 52.5 cm³/mol. The summed E-state index contributed by atoms with van der Waals surface area (Å²) in [5, 5.41) is 2.63. The van der Waals surface area contributed by atoms with Gasteiger partial charge in [0.05, 0.1) is 5.69 Å². The SMILES string of the molecule is Cc1cccc(F)c1NC(=O)C1CC1. The van der Waals surface area contributed by atoms with E-state index in [9.17, 15) is 9.18 Å². The molecule has 74 valence electrons. The number of aryl methyl sites for hydroxylation is 1. The number of para-hydroxylation sites is 1. The van der Waals surface area contributed by atoms with Gasteiger partial charge in [0.1, 0.15) is 5.82 Å². The van der Waals surface area contributed by atoms with Gasteiger partial charge in [0.15, 0.2) is 0 Å². The molecule has 1 aromatic carbocycles. The average molecular weight is 193 g/mol. The van der Waals surface area contributed by atoms with Crippen molar-refractivity contribution >= 4 is 11.6 Å². The van der Waals surface area contributed by atoms with Crippen molar-refractivity contribution in [2.75, 3.05) is 5.32 Å². The van der Waals surface area contributed by atoms with Gasteiger partial charge < -0.3 is 5.32 Å². The Morgan fingerprint density at radius 2 is 2.21 bits per heavy atom. The molecule has 0 aromatic heterocycles. The van der Waals surface area contributed by atoms with Gasteiger partial charge in [-0.05, 0) is 31.4 Å². The number of hydrogen-bond acceptors (Lipinski definition) is 1. The van der Waals surface area contributed by atoms with Crippen molar-refractivity contribution in [3.05, 3.63) is 29.6 Å². The van der Waals surface area contributed by atoms with Crippen LogP contribution in [0.4, 0.5) is 10.1 Å². The summed E-state index contributed by atoms with van der Waals surface area (Å²) < 4.78 is 13.3.